The minimum absolute atomic E-state index is 0.0219. The maximum atomic E-state index is 11.2. The topological polar surface area (TPSA) is 80.9 Å². The zero-order valence-corrected chi connectivity index (χ0v) is 10.5. The van der Waals surface area contributed by atoms with Crippen LogP contribution in [0.4, 0.5) is 0 Å². The largest absolute Gasteiger partial charge is 0.476 e. The fourth-order valence-electron chi connectivity index (χ4n) is 1.76. The van der Waals surface area contributed by atoms with Crippen LogP contribution in [0.1, 0.15) is 37.0 Å². The van der Waals surface area contributed by atoms with Gasteiger partial charge in [0.05, 0.1) is 17.6 Å². The molecule has 0 spiro atoms. The zero-order valence-electron chi connectivity index (χ0n) is 10.5. The third kappa shape index (κ3) is 2.09. The van der Waals surface area contributed by atoms with Gasteiger partial charge in [-0.2, -0.15) is 0 Å². The molecule has 6 nitrogen and oxygen atoms in total. The Morgan fingerprint density at radius 3 is 2.61 bits per heavy atom. The molecule has 0 fully saturated rings. The quantitative estimate of drug-likeness (QED) is 0.871. The van der Waals surface area contributed by atoms with E-state index in [-0.39, 0.29) is 11.1 Å². The molecule has 0 atom stereocenters. The Hall–Kier alpha value is -2.24. The van der Waals surface area contributed by atoms with E-state index in [0.717, 1.165) is 0 Å². The second-order valence-corrected chi connectivity index (χ2v) is 4.96. The van der Waals surface area contributed by atoms with Crippen LogP contribution >= 0.6 is 0 Å². The van der Waals surface area contributed by atoms with Crippen molar-refractivity contribution in [3.63, 3.8) is 0 Å². The predicted octanol–water partition coefficient (Wildman–Crippen LogP) is 1.66. The third-order valence-corrected chi connectivity index (χ3v) is 2.47. The van der Waals surface area contributed by atoms with Crippen molar-refractivity contribution in [2.45, 2.75) is 26.2 Å². The van der Waals surface area contributed by atoms with Gasteiger partial charge in [-0.3, -0.25) is 4.98 Å². The molecule has 2 rings (SSSR count). The van der Waals surface area contributed by atoms with Gasteiger partial charge in [0.25, 0.3) is 0 Å². The van der Waals surface area contributed by atoms with Crippen molar-refractivity contribution in [1.29, 1.82) is 0 Å². The van der Waals surface area contributed by atoms with Crippen molar-refractivity contribution < 1.29 is 9.90 Å². The molecule has 2 heterocycles. The minimum Gasteiger partial charge on any atom is -0.476 e. The van der Waals surface area contributed by atoms with Gasteiger partial charge in [-0.25, -0.2) is 9.48 Å². The normalized spacial score (nSPS) is 11.5. The Balaban J connectivity index is 2.67. The Labute approximate surface area is 104 Å². The first-order chi connectivity index (χ1) is 8.41. The lowest BCUT2D eigenvalue weighted by Crippen LogP contribution is -2.21. The third-order valence-electron chi connectivity index (χ3n) is 2.47. The van der Waals surface area contributed by atoms with E-state index < -0.39 is 5.97 Å². The summed E-state index contributed by atoms with van der Waals surface area (Å²) in [5, 5.41) is 16.8. The second-order valence-electron chi connectivity index (χ2n) is 4.96. The average molecular weight is 246 g/mol. The molecule has 0 aliphatic rings. The number of nitrogens with zero attached hydrogens (tertiary/aromatic N) is 4. The molecule has 0 saturated heterocycles. The predicted molar refractivity (Wildman–Crippen MR) is 64.8 cm³/mol. The van der Waals surface area contributed by atoms with E-state index in [1.807, 2.05) is 26.8 Å². The van der Waals surface area contributed by atoms with E-state index in [1.54, 1.807) is 18.5 Å². The van der Waals surface area contributed by atoms with Gasteiger partial charge >= 0.3 is 5.97 Å². The molecule has 2 aromatic rings. The zero-order chi connectivity index (χ0) is 13.3. The molecule has 0 aliphatic heterocycles. The SMILES string of the molecule is CC(C)(C)c1c(C(=O)O)nnn1-c1cccnc1. The number of carbonyl (C=O) groups is 1. The van der Waals surface area contributed by atoms with Crippen LogP contribution in [-0.4, -0.2) is 31.1 Å². The summed E-state index contributed by atoms with van der Waals surface area (Å²) in [6, 6.07) is 3.58. The van der Waals surface area contributed by atoms with E-state index in [0.29, 0.717) is 11.4 Å². The smallest absolute Gasteiger partial charge is 0.358 e. The van der Waals surface area contributed by atoms with Crippen LogP contribution in [-0.2, 0) is 5.41 Å². The number of aromatic nitrogens is 4. The summed E-state index contributed by atoms with van der Waals surface area (Å²) in [7, 11) is 0. The van der Waals surface area contributed by atoms with Crippen LogP contribution in [0.25, 0.3) is 5.69 Å². The Kier molecular flexibility index (Phi) is 2.86. The number of carboxylic acid groups (broad SMARTS) is 1. The summed E-state index contributed by atoms with van der Waals surface area (Å²) in [6.45, 7) is 5.76. The van der Waals surface area contributed by atoms with Gasteiger partial charge in [-0.05, 0) is 12.1 Å². The summed E-state index contributed by atoms with van der Waals surface area (Å²) >= 11 is 0. The van der Waals surface area contributed by atoms with Crippen LogP contribution in [0, 0.1) is 0 Å². The summed E-state index contributed by atoms with van der Waals surface area (Å²) in [6.07, 6.45) is 3.27. The Morgan fingerprint density at radius 2 is 2.11 bits per heavy atom. The number of hydrogen-bond donors (Lipinski definition) is 1. The standard InChI is InChI=1S/C12H14N4O2/c1-12(2,3)10-9(11(17)18)14-15-16(10)8-5-4-6-13-7-8/h4-7H,1-3H3,(H,17,18). The molecule has 0 aliphatic carbocycles. The molecule has 0 unspecified atom stereocenters. The van der Waals surface area contributed by atoms with E-state index in [9.17, 15) is 4.79 Å². The van der Waals surface area contributed by atoms with Crippen LogP contribution in [0.15, 0.2) is 24.5 Å². The van der Waals surface area contributed by atoms with E-state index in [1.165, 1.54) is 4.68 Å². The van der Waals surface area contributed by atoms with Crippen molar-refractivity contribution in [2.24, 2.45) is 0 Å². The molecule has 18 heavy (non-hydrogen) atoms. The molecular weight excluding hydrogens is 232 g/mol. The van der Waals surface area contributed by atoms with Crippen LogP contribution in [0.3, 0.4) is 0 Å². The molecule has 0 aromatic carbocycles. The Bertz CT molecular complexity index is 570. The number of aromatic carboxylic acids is 1. The van der Waals surface area contributed by atoms with Crippen molar-refractivity contribution in [3.05, 3.63) is 35.9 Å². The monoisotopic (exact) mass is 246 g/mol. The van der Waals surface area contributed by atoms with Gasteiger partial charge in [-0.1, -0.05) is 26.0 Å². The van der Waals surface area contributed by atoms with Crippen molar-refractivity contribution in [1.82, 2.24) is 20.0 Å². The highest BCUT2D eigenvalue weighted by Crippen LogP contribution is 2.26. The summed E-state index contributed by atoms with van der Waals surface area (Å²) in [4.78, 5) is 15.2. The van der Waals surface area contributed by atoms with Gasteiger partial charge in [0, 0.05) is 11.6 Å². The van der Waals surface area contributed by atoms with Crippen molar-refractivity contribution in [2.75, 3.05) is 0 Å². The molecule has 0 radical (unpaired) electrons. The molecular formula is C12H14N4O2. The Morgan fingerprint density at radius 1 is 1.39 bits per heavy atom. The number of hydrogen-bond acceptors (Lipinski definition) is 4. The lowest BCUT2D eigenvalue weighted by Gasteiger charge is -2.20. The molecule has 0 saturated carbocycles. The van der Waals surface area contributed by atoms with Gasteiger partial charge in [-0.15, -0.1) is 5.10 Å². The minimum atomic E-state index is -1.07. The number of carboxylic acids is 1. The fraction of sp³-hybridized carbons (Fsp3) is 0.333. The van der Waals surface area contributed by atoms with E-state index >= 15 is 0 Å². The van der Waals surface area contributed by atoms with E-state index in [4.69, 9.17) is 5.11 Å². The lowest BCUT2D eigenvalue weighted by molar-refractivity contribution is 0.0687. The first-order valence-electron chi connectivity index (χ1n) is 5.51. The first-order valence-corrected chi connectivity index (χ1v) is 5.51. The highest BCUT2D eigenvalue weighted by molar-refractivity contribution is 5.87. The first kappa shape index (κ1) is 12.2. The van der Waals surface area contributed by atoms with Gasteiger partial charge < -0.3 is 5.11 Å². The van der Waals surface area contributed by atoms with E-state index in [2.05, 4.69) is 15.3 Å². The second kappa shape index (κ2) is 4.21. The van der Waals surface area contributed by atoms with Crippen LogP contribution in [0.2, 0.25) is 0 Å². The van der Waals surface area contributed by atoms with Crippen LogP contribution < -0.4 is 0 Å². The summed E-state index contributed by atoms with van der Waals surface area (Å²) < 4.78 is 1.52. The maximum Gasteiger partial charge on any atom is 0.358 e. The fourth-order valence-corrected chi connectivity index (χ4v) is 1.76. The molecule has 0 amide bonds. The van der Waals surface area contributed by atoms with Crippen molar-refractivity contribution >= 4 is 5.97 Å². The van der Waals surface area contributed by atoms with Gasteiger partial charge in [0.15, 0.2) is 5.69 Å². The average Bonchev–Trinajstić information content (AvgIpc) is 2.74. The number of rotatable bonds is 2. The lowest BCUT2D eigenvalue weighted by atomic mass is 9.90. The molecule has 6 heteroatoms. The maximum absolute atomic E-state index is 11.2. The number of pyridine rings is 1. The van der Waals surface area contributed by atoms with Gasteiger partial charge in [0.2, 0.25) is 0 Å². The molecule has 1 N–H and O–H groups in total. The summed E-state index contributed by atoms with van der Waals surface area (Å²) in [5.74, 6) is -1.07. The molecule has 94 valence electrons. The summed E-state index contributed by atoms with van der Waals surface area (Å²) in [5.41, 5.74) is 0.851. The van der Waals surface area contributed by atoms with Crippen LogP contribution in [0.5, 0.6) is 0 Å². The highest BCUT2D eigenvalue weighted by Gasteiger charge is 2.29. The molecule has 2 aromatic heterocycles. The van der Waals surface area contributed by atoms with Crippen molar-refractivity contribution in [3.8, 4) is 5.69 Å². The van der Waals surface area contributed by atoms with Gasteiger partial charge in [0.1, 0.15) is 0 Å². The highest BCUT2D eigenvalue weighted by atomic mass is 16.4. The molecule has 0 bridgehead atoms.